The second-order valence-electron chi connectivity index (χ2n) is 3.85. The molecular formula is C11H22N2. The summed E-state index contributed by atoms with van der Waals surface area (Å²) >= 11 is 0. The standard InChI is InChI=1S/C11H22N2/c1-2-3-5-8-13-9-6-4-7-11(13)10-12/h2,11H,1,3-10,12H2. The van der Waals surface area contributed by atoms with Crippen molar-refractivity contribution in [1.82, 2.24) is 4.90 Å². The molecule has 0 aromatic heterocycles. The third kappa shape index (κ3) is 3.49. The second-order valence-corrected chi connectivity index (χ2v) is 3.85. The number of nitrogens with zero attached hydrogens (tertiary/aromatic N) is 1. The highest BCUT2D eigenvalue weighted by Crippen LogP contribution is 2.16. The summed E-state index contributed by atoms with van der Waals surface area (Å²) in [5.74, 6) is 0. The van der Waals surface area contributed by atoms with E-state index in [0.29, 0.717) is 6.04 Å². The second kappa shape index (κ2) is 6.17. The molecular weight excluding hydrogens is 160 g/mol. The van der Waals surface area contributed by atoms with Crippen molar-refractivity contribution < 1.29 is 0 Å². The van der Waals surface area contributed by atoms with E-state index in [1.54, 1.807) is 0 Å². The number of unbranched alkanes of at least 4 members (excludes halogenated alkanes) is 1. The Morgan fingerprint density at radius 2 is 2.31 bits per heavy atom. The Bertz CT molecular complexity index is 145. The van der Waals surface area contributed by atoms with Crippen molar-refractivity contribution in [2.75, 3.05) is 19.6 Å². The lowest BCUT2D eigenvalue weighted by Crippen LogP contribution is -2.44. The van der Waals surface area contributed by atoms with Crippen LogP contribution in [0, 0.1) is 0 Å². The fourth-order valence-corrected chi connectivity index (χ4v) is 2.06. The van der Waals surface area contributed by atoms with E-state index in [9.17, 15) is 0 Å². The summed E-state index contributed by atoms with van der Waals surface area (Å²) in [7, 11) is 0. The molecule has 1 unspecified atom stereocenters. The zero-order valence-electron chi connectivity index (χ0n) is 8.54. The summed E-state index contributed by atoms with van der Waals surface area (Å²) in [6, 6.07) is 0.651. The molecule has 76 valence electrons. The molecule has 2 heteroatoms. The van der Waals surface area contributed by atoms with Crippen LogP contribution in [0.1, 0.15) is 32.1 Å². The van der Waals surface area contributed by atoms with Gasteiger partial charge in [-0.2, -0.15) is 0 Å². The Kier molecular flexibility index (Phi) is 5.09. The van der Waals surface area contributed by atoms with Gasteiger partial charge in [-0.3, -0.25) is 4.90 Å². The summed E-state index contributed by atoms with van der Waals surface area (Å²) in [6.45, 7) is 7.02. The summed E-state index contributed by atoms with van der Waals surface area (Å²) in [5, 5.41) is 0. The lowest BCUT2D eigenvalue weighted by Gasteiger charge is -2.34. The van der Waals surface area contributed by atoms with Gasteiger partial charge in [-0.1, -0.05) is 12.5 Å². The minimum Gasteiger partial charge on any atom is -0.329 e. The van der Waals surface area contributed by atoms with Gasteiger partial charge in [0, 0.05) is 12.6 Å². The highest BCUT2D eigenvalue weighted by Gasteiger charge is 2.19. The molecule has 0 bridgehead atoms. The van der Waals surface area contributed by atoms with Crippen molar-refractivity contribution in [3.63, 3.8) is 0 Å². The van der Waals surface area contributed by atoms with Crippen LogP contribution in [0.5, 0.6) is 0 Å². The highest BCUT2D eigenvalue weighted by molar-refractivity contribution is 4.78. The summed E-state index contributed by atoms with van der Waals surface area (Å²) in [5.41, 5.74) is 5.74. The minimum absolute atomic E-state index is 0.651. The summed E-state index contributed by atoms with van der Waals surface area (Å²) < 4.78 is 0. The van der Waals surface area contributed by atoms with Crippen molar-refractivity contribution in [3.8, 4) is 0 Å². The number of likely N-dealkylation sites (tertiary alicyclic amines) is 1. The Balaban J connectivity index is 2.23. The topological polar surface area (TPSA) is 29.3 Å². The highest BCUT2D eigenvalue weighted by atomic mass is 15.2. The van der Waals surface area contributed by atoms with Gasteiger partial charge in [0.2, 0.25) is 0 Å². The molecule has 1 fully saturated rings. The van der Waals surface area contributed by atoms with Crippen LogP contribution in [0.15, 0.2) is 12.7 Å². The van der Waals surface area contributed by atoms with Crippen molar-refractivity contribution >= 4 is 0 Å². The molecule has 1 atom stereocenters. The molecule has 0 aliphatic carbocycles. The monoisotopic (exact) mass is 182 g/mol. The molecule has 2 N–H and O–H groups in total. The van der Waals surface area contributed by atoms with Gasteiger partial charge in [0.15, 0.2) is 0 Å². The number of piperidine rings is 1. The first-order valence-corrected chi connectivity index (χ1v) is 5.43. The zero-order chi connectivity index (χ0) is 9.52. The molecule has 0 saturated carbocycles. The number of allylic oxidation sites excluding steroid dienone is 1. The van der Waals surface area contributed by atoms with Crippen molar-refractivity contribution in [1.29, 1.82) is 0 Å². The van der Waals surface area contributed by atoms with Gasteiger partial charge in [-0.25, -0.2) is 0 Å². The third-order valence-electron chi connectivity index (χ3n) is 2.87. The van der Waals surface area contributed by atoms with Crippen LogP contribution >= 0.6 is 0 Å². The van der Waals surface area contributed by atoms with Crippen LogP contribution in [0.4, 0.5) is 0 Å². The molecule has 1 aliphatic heterocycles. The summed E-state index contributed by atoms with van der Waals surface area (Å²) in [4.78, 5) is 2.55. The fourth-order valence-electron chi connectivity index (χ4n) is 2.06. The van der Waals surface area contributed by atoms with Crippen LogP contribution < -0.4 is 5.73 Å². The van der Waals surface area contributed by atoms with Crippen molar-refractivity contribution in [2.45, 2.75) is 38.1 Å². The normalized spacial score (nSPS) is 24.5. The van der Waals surface area contributed by atoms with Crippen LogP contribution in [-0.2, 0) is 0 Å². The first-order chi connectivity index (χ1) is 6.38. The third-order valence-corrected chi connectivity index (χ3v) is 2.87. The van der Waals surface area contributed by atoms with E-state index < -0.39 is 0 Å². The lowest BCUT2D eigenvalue weighted by atomic mass is 10.0. The van der Waals surface area contributed by atoms with Gasteiger partial charge >= 0.3 is 0 Å². The Hall–Kier alpha value is -0.340. The van der Waals surface area contributed by atoms with Crippen LogP contribution in [0.25, 0.3) is 0 Å². The quantitative estimate of drug-likeness (QED) is 0.518. The lowest BCUT2D eigenvalue weighted by molar-refractivity contribution is 0.151. The van der Waals surface area contributed by atoms with Gasteiger partial charge in [0.1, 0.15) is 0 Å². The molecule has 0 aromatic carbocycles. The average Bonchev–Trinajstić information content (AvgIpc) is 2.19. The maximum Gasteiger partial charge on any atom is 0.0218 e. The molecule has 0 amide bonds. The van der Waals surface area contributed by atoms with Gasteiger partial charge in [-0.15, -0.1) is 6.58 Å². The maximum absolute atomic E-state index is 5.74. The first kappa shape index (κ1) is 10.7. The van der Waals surface area contributed by atoms with Gasteiger partial charge in [-0.05, 0) is 38.8 Å². The average molecular weight is 182 g/mol. The van der Waals surface area contributed by atoms with E-state index in [4.69, 9.17) is 5.73 Å². The summed E-state index contributed by atoms with van der Waals surface area (Å²) in [6.07, 6.45) is 8.38. The molecule has 13 heavy (non-hydrogen) atoms. The Morgan fingerprint density at radius 1 is 1.46 bits per heavy atom. The SMILES string of the molecule is C=CCCCN1CCCCC1CN. The Morgan fingerprint density at radius 3 is 3.00 bits per heavy atom. The van der Waals surface area contributed by atoms with Gasteiger partial charge in [0.05, 0.1) is 0 Å². The van der Waals surface area contributed by atoms with Crippen LogP contribution in [-0.4, -0.2) is 30.6 Å². The molecule has 2 nitrogen and oxygen atoms in total. The van der Waals surface area contributed by atoms with Crippen molar-refractivity contribution in [3.05, 3.63) is 12.7 Å². The van der Waals surface area contributed by atoms with E-state index in [0.717, 1.165) is 13.0 Å². The smallest absolute Gasteiger partial charge is 0.0218 e. The maximum atomic E-state index is 5.74. The van der Waals surface area contributed by atoms with E-state index in [-0.39, 0.29) is 0 Å². The first-order valence-electron chi connectivity index (χ1n) is 5.43. The predicted octanol–water partition coefficient (Wildman–Crippen LogP) is 1.77. The van der Waals surface area contributed by atoms with Crippen molar-refractivity contribution in [2.24, 2.45) is 5.73 Å². The molecule has 1 aliphatic rings. The molecule has 0 aromatic rings. The van der Waals surface area contributed by atoms with Crippen LogP contribution in [0.3, 0.4) is 0 Å². The number of rotatable bonds is 5. The molecule has 1 heterocycles. The van der Waals surface area contributed by atoms with Gasteiger partial charge < -0.3 is 5.73 Å². The number of nitrogens with two attached hydrogens (primary N) is 1. The number of hydrogen-bond acceptors (Lipinski definition) is 2. The van der Waals surface area contributed by atoms with E-state index in [2.05, 4.69) is 11.5 Å². The largest absolute Gasteiger partial charge is 0.329 e. The molecule has 0 spiro atoms. The van der Waals surface area contributed by atoms with Gasteiger partial charge in [0.25, 0.3) is 0 Å². The van der Waals surface area contributed by atoms with E-state index in [1.165, 1.54) is 38.8 Å². The number of hydrogen-bond donors (Lipinski definition) is 1. The Labute approximate surface area is 81.8 Å². The zero-order valence-corrected chi connectivity index (χ0v) is 8.54. The minimum atomic E-state index is 0.651. The molecule has 1 saturated heterocycles. The van der Waals surface area contributed by atoms with E-state index >= 15 is 0 Å². The molecule has 1 rings (SSSR count). The van der Waals surface area contributed by atoms with E-state index in [1.807, 2.05) is 6.08 Å². The van der Waals surface area contributed by atoms with Crippen LogP contribution in [0.2, 0.25) is 0 Å². The predicted molar refractivity (Wildman–Crippen MR) is 57.7 cm³/mol. The molecule has 0 radical (unpaired) electrons. The fraction of sp³-hybridized carbons (Fsp3) is 0.818.